The summed E-state index contributed by atoms with van der Waals surface area (Å²) in [5.41, 5.74) is 1.49. The maximum atomic E-state index is 13.1. The molecular weight excluding hydrogens is 401 g/mol. The Labute approximate surface area is 176 Å². The van der Waals surface area contributed by atoms with Crippen LogP contribution in [0.5, 0.6) is 0 Å². The molecule has 0 unspecified atom stereocenters. The molecule has 0 atom stereocenters. The molecule has 0 fully saturated rings. The number of aromatic nitrogens is 3. The number of para-hydroxylation sites is 1. The summed E-state index contributed by atoms with van der Waals surface area (Å²) < 4.78 is 14.5. The van der Waals surface area contributed by atoms with E-state index in [0.29, 0.717) is 10.9 Å². The van der Waals surface area contributed by atoms with Crippen molar-refractivity contribution in [1.29, 1.82) is 0 Å². The average molecular weight is 421 g/mol. The normalized spacial score (nSPS) is 11.0. The van der Waals surface area contributed by atoms with E-state index in [0.717, 1.165) is 5.56 Å². The maximum Gasteiger partial charge on any atom is 0.259 e. The van der Waals surface area contributed by atoms with Crippen molar-refractivity contribution in [3.05, 3.63) is 82.0 Å². The molecule has 2 N–H and O–H groups in total. The molecule has 31 heavy (non-hydrogen) atoms. The molecule has 0 aliphatic heterocycles. The first kappa shape index (κ1) is 20.3. The average Bonchev–Trinajstić information content (AvgIpc) is 3.20. The Morgan fingerprint density at radius 2 is 1.90 bits per heavy atom. The summed E-state index contributed by atoms with van der Waals surface area (Å²) in [7, 11) is 0. The third-order valence-corrected chi connectivity index (χ3v) is 5.01. The number of nitrogens with zero attached hydrogens (tertiary/aromatic N) is 3. The molecule has 2 aromatic heterocycles. The van der Waals surface area contributed by atoms with Crippen LogP contribution in [0.15, 0.2) is 59.5 Å². The SMILES string of the molecule is CCN(CC(=O)NCc1ccc(F)cc1)C(=O)c1cnn2c1[nH]c(=O)c1ccccc12. The van der Waals surface area contributed by atoms with Crippen LogP contribution in [0.25, 0.3) is 16.6 Å². The van der Waals surface area contributed by atoms with Crippen LogP contribution in [-0.2, 0) is 11.3 Å². The van der Waals surface area contributed by atoms with E-state index >= 15 is 0 Å². The van der Waals surface area contributed by atoms with Gasteiger partial charge in [0.15, 0.2) is 0 Å². The quantitative estimate of drug-likeness (QED) is 0.498. The molecule has 4 aromatic rings. The number of H-pyrrole nitrogens is 1. The van der Waals surface area contributed by atoms with Crippen LogP contribution in [0.4, 0.5) is 4.39 Å². The third kappa shape index (κ3) is 4.02. The Bertz CT molecular complexity index is 1330. The topological polar surface area (TPSA) is 99.6 Å². The highest BCUT2D eigenvalue weighted by Gasteiger charge is 2.22. The van der Waals surface area contributed by atoms with Gasteiger partial charge in [0, 0.05) is 13.1 Å². The molecule has 4 rings (SSSR count). The summed E-state index contributed by atoms with van der Waals surface area (Å²) in [4.78, 5) is 41.9. The molecule has 8 nitrogen and oxygen atoms in total. The molecule has 9 heteroatoms. The van der Waals surface area contributed by atoms with Crippen LogP contribution in [0.1, 0.15) is 22.8 Å². The van der Waals surface area contributed by atoms with E-state index in [9.17, 15) is 18.8 Å². The van der Waals surface area contributed by atoms with E-state index in [2.05, 4.69) is 15.4 Å². The van der Waals surface area contributed by atoms with Crippen LogP contribution in [0, 0.1) is 5.82 Å². The molecule has 158 valence electrons. The van der Waals surface area contributed by atoms with Gasteiger partial charge in [0.25, 0.3) is 11.5 Å². The molecule has 2 amide bonds. The summed E-state index contributed by atoms with van der Waals surface area (Å²) in [6, 6.07) is 12.8. The maximum absolute atomic E-state index is 13.1. The van der Waals surface area contributed by atoms with Crippen molar-refractivity contribution in [2.75, 3.05) is 13.1 Å². The van der Waals surface area contributed by atoms with Gasteiger partial charge in [0.1, 0.15) is 17.0 Å². The van der Waals surface area contributed by atoms with Crippen LogP contribution in [0.3, 0.4) is 0 Å². The van der Waals surface area contributed by atoms with Crippen LogP contribution in [-0.4, -0.2) is 44.4 Å². The summed E-state index contributed by atoms with van der Waals surface area (Å²) >= 11 is 0. The minimum Gasteiger partial charge on any atom is -0.350 e. The number of nitrogens with one attached hydrogen (secondary N) is 2. The summed E-state index contributed by atoms with van der Waals surface area (Å²) in [5.74, 6) is -1.12. The largest absolute Gasteiger partial charge is 0.350 e. The standard InChI is InChI=1S/C22H20FN5O3/c1-2-27(13-19(29)24-11-14-7-9-15(23)10-8-14)22(31)17-12-25-28-18-6-4-3-5-16(18)21(30)26-20(17)28/h3-10,12H,2,11,13H2,1H3,(H,24,29)(H,26,30). The molecule has 0 saturated heterocycles. The number of likely N-dealkylation sites (N-methyl/N-ethyl adjacent to an activating group) is 1. The highest BCUT2D eigenvalue weighted by Crippen LogP contribution is 2.15. The van der Waals surface area contributed by atoms with E-state index in [1.165, 1.54) is 27.7 Å². The van der Waals surface area contributed by atoms with E-state index in [4.69, 9.17) is 0 Å². The number of carbonyl (C=O) groups excluding carboxylic acids is 2. The second-order valence-corrected chi connectivity index (χ2v) is 7.01. The summed E-state index contributed by atoms with van der Waals surface area (Å²) in [6.07, 6.45) is 1.39. The first-order chi connectivity index (χ1) is 15.0. The van der Waals surface area contributed by atoms with E-state index in [1.807, 2.05) is 0 Å². The Morgan fingerprint density at radius 3 is 2.65 bits per heavy atom. The molecule has 0 radical (unpaired) electrons. The minimum atomic E-state index is -0.416. The van der Waals surface area contributed by atoms with E-state index in [-0.39, 0.29) is 48.1 Å². The second kappa shape index (κ2) is 8.39. The highest BCUT2D eigenvalue weighted by atomic mass is 19.1. The number of amides is 2. The number of aromatic amines is 1. The van der Waals surface area contributed by atoms with Crippen molar-refractivity contribution in [3.63, 3.8) is 0 Å². The predicted molar refractivity (Wildman–Crippen MR) is 113 cm³/mol. The number of hydrogen-bond donors (Lipinski definition) is 2. The first-order valence-corrected chi connectivity index (χ1v) is 9.77. The summed E-state index contributed by atoms with van der Waals surface area (Å²) in [5, 5.41) is 7.44. The number of carbonyl (C=O) groups is 2. The smallest absolute Gasteiger partial charge is 0.259 e. The van der Waals surface area contributed by atoms with Gasteiger partial charge in [-0.25, -0.2) is 8.91 Å². The Kier molecular flexibility index (Phi) is 5.48. The molecule has 0 saturated carbocycles. The molecule has 0 bridgehead atoms. The van der Waals surface area contributed by atoms with Crippen molar-refractivity contribution in [1.82, 2.24) is 24.8 Å². The molecule has 0 aliphatic rings. The van der Waals surface area contributed by atoms with Gasteiger partial charge in [-0.3, -0.25) is 14.4 Å². The van der Waals surface area contributed by atoms with Gasteiger partial charge >= 0.3 is 0 Å². The second-order valence-electron chi connectivity index (χ2n) is 7.01. The van der Waals surface area contributed by atoms with Gasteiger partial charge in [-0.2, -0.15) is 5.10 Å². The fraction of sp³-hybridized carbons (Fsp3) is 0.182. The lowest BCUT2D eigenvalue weighted by Crippen LogP contribution is -2.40. The molecular formula is C22H20FN5O3. The lowest BCUT2D eigenvalue weighted by molar-refractivity contribution is -0.121. The number of rotatable bonds is 6. The first-order valence-electron chi connectivity index (χ1n) is 9.77. The fourth-order valence-corrected chi connectivity index (χ4v) is 3.36. The van der Waals surface area contributed by atoms with Gasteiger partial charge in [-0.1, -0.05) is 24.3 Å². The van der Waals surface area contributed by atoms with Gasteiger partial charge in [-0.05, 0) is 36.8 Å². The Morgan fingerprint density at radius 1 is 1.16 bits per heavy atom. The highest BCUT2D eigenvalue weighted by molar-refractivity contribution is 6.02. The lowest BCUT2D eigenvalue weighted by Gasteiger charge is -2.20. The number of fused-ring (bicyclic) bond motifs is 3. The molecule has 2 heterocycles. The van der Waals surface area contributed by atoms with Crippen LogP contribution >= 0.6 is 0 Å². The van der Waals surface area contributed by atoms with Crippen molar-refractivity contribution < 1.29 is 14.0 Å². The van der Waals surface area contributed by atoms with Crippen molar-refractivity contribution in [3.8, 4) is 0 Å². The third-order valence-electron chi connectivity index (χ3n) is 5.01. The zero-order valence-electron chi connectivity index (χ0n) is 16.8. The van der Waals surface area contributed by atoms with Crippen molar-refractivity contribution in [2.24, 2.45) is 0 Å². The Hall–Kier alpha value is -4.01. The summed E-state index contributed by atoms with van der Waals surface area (Å²) in [6.45, 7) is 2.11. The van der Waals surface area contributed by atoms with Gasteiger partial charge in [0.2, 0.25) is 5.91 Å². The molecule has 0 spiro atoms. The monoisotopic (exact) mass is 421 g/mol. The van der Waals surface area contributed by atoms with Crippen molar-refractivity contribution in [2.45, 2.75) is 13.5 Å². The zero-order valence-corrected chi connectivity index (χ0v) is 16.8. The fourth-order valence-electron chi connectivity index (χ4n) is 3.36. The van der Waals surface area contributed by atoms with Gasteiger partial charge in [0.05, 0.1) is 23.6 Å². The Balaban J connectivity index is 1.53. The van der Waals surface area contributed by atoms with Gasteiger partial charge < -0.3 is 15.2 Å². The lowest BCUT2D eigenvalue weighted by atomic mass is 10.2. The van der Waals surface area contributed by atoms with E-state index < -0.39 is 5.91 Å². The molecule has 2 aromatic carbocycles. The van der Waals surface area contributed by atoms with Gasteiger partial charge in [-0.15, -0.1) is 0 Å². The minimum absolute atomic E-state index is 0.161. The van der Waals surface area contributed by atoms with Crippen LogP contribution in [0.2, 0.25) is 0 Å². The molecule has 0 aliphatic carbocycles. The van der Waals surface area contributed by atoms with Crippen LogP contribution < -0.4 is 10.9 Å². The van der Waals surface area contributed by atoms with E-state index in [1.54, 1.807) is 43.3 Å². The number of halogens is 1. The van der Waals surface area contributed by atoms with Crippen molar-refractivity contribution >= 4 is 28.4 Å². The zero-order chi connectivity index (χ0) is 22.0. The number of benzene rings is 2. The number of hydrogen-bond acceptors (Lipinski definition) is 4. The predicted octanol–water partition coefficient (Wildman–Crippen LogP) is 2.09.